The van der Waals surface area contributed by atoms with Gasteiger partial charge in [-0.15, -0.1) is 0 Å². The van der Waals surface area contributed by atoms with Crippen molar-refractivity contribution in [3.8, 4) is 17.2 Å². The number of rotatable bonds is 8. The number of ether oxygens (including phenoxy) is 1. The van der Waals surface area contributed by atoms with Crippen molar-refractivity contribution < 1.29 is 4.74 Å². The summed E-state index contributed by atoms with van der Waals surface area (Å²) in [6.07, 6.45) is 1.20. The lowest BCUT2D eigenvalue weighted by Gasteiger charge is -2.34. The molecule has 34 heavy (non-hydrogen) atoms. The SMILES string of the molecule is COCCN1CCN(Cc2ccc(-c3ccc(CN4CCCN(C)CC4)cc3C#N)cc2)CC1. The highest BCUT2D eigenvalue weighted by Gasteiger charge is 2.17. The number of benzene rings is 2. The molecular formula is C28H39N5O. The summed E-state index contributed by atoms with van der Waals surface area (Å²) in [6, 6.07) is 17.6. The maximum atomic E-state index is 9.85. The highest BCUT2D eigenvalue weighted by Crippen LogP contribution is 2.26. The molecule has 2 aromatic rings. The number of piperazine rings is 1. The zero-order chi connectivity index (χ0) is 23.8. The predicted molar refractivity (Wildman–Crippen MR) is 138 cm³/mol. The van der Waals surface area contributed by atoms with Crippen LogP contribution in [0.25, 0.3) is 11.1 Å². The first kappa shape index (κ1) is 24.8. The van der Waals surface area contributed by atoms with Gasteiger partial charge in [0.05, 0.1) is 18.2 Å². The Bertz CT molecular complexity index is 946. The summed E-state index contributed by atoms with van der Waals surface area (Å²) in [7, 11) is 3.96. The number of likely N-dealkylation sites (N-methyl/N-ethyl adjacent to an activating group) is 1. The van der Waals surface area contributed by atoms with E-state index >= 15 is 0 Å². The molecule has 0 atom stereocenters. The number of hydrogen-bond donors (Lipinski definition) is 0. The Morgan fingerprint density at radius 1 is 0.794 bits per heavy atom. The van der Waals surface area contributed by atoms with Crippen LogP contribution in [0.3, 0.4) is 0 Å². The molecule has 2 aliphatic heterocycles. The first-order chi connectivity index (χ1) is 16.6. The molecule has 0 aliphatic carbocycles. The minimum Gasteiger partial charge on any atom is -0.383 e. The largest absolute Gasteiger partial charge is 0.383 e. The summed E-state index contributed by atoms with van der Waals surface area (Å²) in [5.74, 6) is 0. The van der Waals surface area contributed by atoms with Gasteiger partial charge >= 0.3 is 0 Å². The lowest BCUT2D eigenvalue weighted by atomic mass is 9.97. The number of nitriles is 1. The number of nitrogens with zero attached hydrogens (tertiary/aromatic N) is 5. The van der Waals surface area contributed by atoms with Gasteiger partial charge in [-0.1, -0.05) is 36.4 Å². The topological polar surface area (TPSA) is 46.0 Å². The first-order valence-corrected chi connectivity index (χ1v) is 12.6. The molecule has 0 saturated carbocycles. The summed E-state index contributed by atoms with van der Waals surface area (Å²) in [4.78, 5) is 9.90. The van der Waals surface area contributed by atoms with Crippen LogP contribution in [0, 0.1) is 11.3 Å². The zero-order valence-electron chi connectivity index (χ0n) is 20.9. The van der Waals surface area contributed by atoms with E-state index in [1.807, 2.05) is 0 Å². The maximum Gasteiger partial charge on any atom is 0.0998 e. The van der Waals surface area contributed by atoms with E-state index in [4.69, 9.17) is 4.74 Å². The Balaban J connectivity index is 1.35. The van der Waals surface area contributed by atoms with E-state index in [1.165, 1.54) is 24.1 Å². The molecule has 2 fully saturated rings. The van der Waals surface area contributed by atoms with Crippen LogP contribution in [0.1, 0.15) is 23.1 Å². The fraction of sp³-hybridized carbons (Fsp3) is 0.536. The molecular weight excluding hydrogens is 422 g/mol. The van der Waals surface area contributed by atoms with Gasteiger partial charge < -0.3 is 9.64 Å². The third kappa shape index (κ3) is 6.88. The molecule has 0 radical (unpaired) electrons. The normalized spacial score (nSPS) is 19.1. The summed E-state index contributed by atoms with van der Waals surface area (Å²) in [6.45, 7) is 12.6. The minimum atomic E-state index is 0.768. The van der Waals surface area contributed by atoms with E-state index in [1.54, 1.807) is 7.11 Å². The summed E-state index contributed by atoms with van der Waals surface area (Å²) >= 11 is 0. The van der Waals surface area contributed by atoms with Crippen molar-refractivity contribution in [1.82, 2.24) is 19.6 Å². The molecule has 0 amide bonds. The second kappa shape index (κ2) is 12.4. The first-order valence-electron chi connectivity index (χ1n) is 12.6. The lowest BCUT2D eigenvalue weighted by molar-refractivity contribution is 0.0938. The monoisotopic (exact) mass is 461 g/mol. The molecule has 6 nitrogen and oxygen atoms in total. The molecule has 2 aromatic carbocycles. The van der Waals surface area contributed by atoms with Crippen molar-refractivity contribution in [2.45, 2.75) is 19.5 Å². The summed E-state index contributed by atoms with van der Waals surface area (Å²) in [5, 5.41) is 9.85. The van der Waals surface area contributed by atoms with Gasteiger partial charge in [0, 0.05) is 66.0 Å². The Labute approximate surface area is 205 Å². The maximum absolute atomic E-state index is 9.85. The van der Waals surface area contributed by atoms with Gasteiger partial charge in [0.1, 0.15) is 0 Å². The molecule has 0 spiro atoms. The van der Waals surface area contributed by atoms with Gasteiger partial charge in [-0.3, -0.25) is 14.7 Å². The van der Waals surface area contributed by atoms with Gasteiger partial charge in [0.25, 0.3) is 0 Å². The van der Waals surface area contributed by atoms with E-state index in [2.05, 4.69) is 75.2 Å². The van der Waals surface area contributed by atoms with Gasteiger partial charge in [-0.2, -0.15) is 5.26 Å². The van der Waals surface area contributed by atoms with E-state index in [0.717, 1.165) is 88.7 Å². The molecule has 182 valence electrons. The molecule has 0 aromatic heterocycles. The van der Waals surface area contributed by atoms with E-state index < -0.39 is 0 Å². The van der Waals surface area contributed by atoms with E-state index in [0.29, 0.717) is 0 Å². The van der Waals surface area contributed by atoms with Crippen LogP contribution < -0.4 is 0 Å². The highest BCUT2D eigenvalue weighted by molar-refractivity contribution is 5.71. The van der Waals surface area contributed by atoms with Crippen LogP contribution in [-0.2, 0) is 17.8 Å². The van der Waals surface area contributed by atoms with Crippen LogP contribution >= 0.6 is 0 Å². The minimum absolute atomic E-state index is 0.768. The molecule has 2 heterocycles. The van der Waals surface area contributed by atoms with Crippen molar-refractivity contribution in [3.05, 3.63) is 59.2 Å². The van der Waals surface area contributed by atoms with Crippen LogP contribution in [0.2, 0.25) is 0 Å². The van der Waals surface area contributed by atoms with Crippen molar-refractivity contribution in [2.24, 2.45) is 0 Å². The van der Waals surface area contributed by atoms with Crippen molar-refractivity contribution >= 4 is 0 Å². The van der Waals surface area contributed by atoms with Gasteiger partial charge in [0.15, 0.2) is 0 Å². The Morgan fingerprint density at radius 2 is 1.44 bits per heavy atom. The standard InChI is InChI=1S/C28H39N5O/c1-30-10-3-11-32(13-12-30)23-25-6-9-28(27(20-25)21-29)26-7-4-24(5-8-26)22-33-16-14-31(15-17-33)18-19-34-2/h4-9,20H,3,10-19,22-23H2,1-2H3. The summed E-state index contributed by atoms with van der Waals surface area (Å²) in [5.41, 5.74) is 5.47. The van der Waals surface area contributed by atoms with Crippen molar-refractivity contribution in [2.75, 3.05) is 79.7 Å². The Kier molecular flexibility index (Phi) is 9.09. The van der Waals surface area contributed by atoms with Gasteiger partial charge in [0.2, 0.25) is 0 Å². The second-order valence-electron chi connectivity index (χ2n) is 9.73. The second-order valence-corrected chi connectivity index (χ2v) is 9.73. The molecule has 0 N–H and O–H groups in total. The average molecular weight is 462 g/mol. The Hall–Kier alpha value is -2.27. The highest BCUT2D eigenvalue weighted by atomic mass is 16.5. The number of hydrogen-bond acceptors (Lipinski definition) is 6. The van der Waals surface area contributed by atoms with E-state index in [-0.39, 0.29) is 0 Å². The van der Waals surface area contributed by atoms with Crippen LogP contribution in [-0.4, -0.2) is 99.3 Å². The number of methoxy groups -OCH3 is 1. The van der Waals surface area contributed by atoms with E-state index in [9.17, 15) is 5.26 Å². The molecule has 0 bridgehead atoms. The van der Waals surface area contributed by atoms with Crippen LogP contribution in [0.15, 0.2) is 42.5 Å². The third-order valence-corrected chi connectivity index (χ3v) is 7.17. The quantitative estimate of drug-likeness (QED) is 0.602. The third-order valence-electron chi connectivity index (χ3n) is 7.17. The summed E-state index contributed by atoms with van der Waals surface area (Å²) < 4.78 is 5.20. The average Bonchev–Trinajstić information content (AvgIpc) is 3.08. The van der Waals surface area contributed by atoms with Crippen LogP contribution in [0.5, 0.6) is 0 Å². The van der Waals surface area contributed by atoms with Crippen molar-refractivity contribution in [3.63, 3.8) is 0 Å². The van der Waals surface area contributed by atoms with Crippen LogP contribution in [0.4, 0.5) is 0 Å². The molecule has 2 aliphatic rings. The lowest BCUT2D eigenvalue weighted by Crippen LogP contribution is -2.46. The molecule has 6 heteroatoms. The molecule has 4 rings (SSSR count). The predicted octanol–water partition coefficient (Wildman–Crippen LogP) is 3.13. The molecule has 0 unspecified atom stereocenters. The fourth-order valence-electron chi connectivity index (χ4n) is 4.99. The fourth-order valence-corrected chi connectivity index (χ4v) is 4.99. The smallest absolute Gasteiger partial charge is 0.0998 e. The molecule has 2 saturated heterocycles. The zero-order valence-corrected chi connectivity index (χ0v) is 20.9. The van der Waals surface area contributed by atoms with Crippen molar-refractivity contribution in [1.29, 1.82) is 5.26 Å². The van der Waals surface area contributed by atoms with Gasteiger partial charge in [-0.05, 0) is 54.9 Å². The Morgan fingerprint density at radius 3 is 2.18 bits per heavy atom. The van der Waals surface area contributed by atoms with Gasteiger partial charge in [-0.25, -0.2) is 0 Å².